The van der Waals surface area contributed by atoms with Crippen molar-refractivity contribution in [1.29, 1.82) is 0 Å². The minimum Gasteiger partial charge on any atom is -0.790 e. The monoisotopic (exact) mass is 1330 g/mol. The van der Waals surface area contributed by atoms with Gasteiger partial charge in [-0.1, -0.05) is 0 Å². The molecule has 0 aliphatic carbocycles. The maximum Gasteiger partial charge on any atom is 1.00 e. The number of hydrogen-bond donors (Lipinski definition) is 0. The van der Waals surface area contributed by atoms with Gasteiger partial charge in [-0.05, 0) is 0 Å². The minimum atomic E-state index is -5.68. The van der Waals surface area contributed by atoms with Crippen molar-refractivity contribution in [2.45, 2.75) is 0 Å². The molecule has 0 fully saturated rings. The van der Waals surface area contributed by atoms with Gasteiger partial charge in [0.1, 0.15) is 0 Å². The largest absolute Gasteiger partial charge is 1.00 e. The molecule has 65 heteroatoms. The molecule has 0 spiro atoms. The fourth-order valence-corrected chi connectivity index (χ4v) is 5.51. The second-order valence-corrected chi connectivity index (χ2v) is 17.1. The summed E-state index contributed by atoms with van der Waals surface area (Å²) in [5.74, 6) is 0. The van der Waals surface area contributed by atoms with Gasteiger partial charge < -0.3 is 165 Å². The summed E-state index contributed by atoms with van der Waals surface area (Å²) < 4.78 is 106. The van der Waals surface area contributed by atoms with E-state index in [4.69, 9.17) is 0 Å². The van der Waals surface area contributed by atoms with Gasteiger partial charge in [-0.25, -0.2) is 0 Å². The SMILES string of the molecule is O=P([O-])([O-])OP(=O)([O-])[O-].O=P([O-])([O-])OP(=O)([O-])[O-].O=P([O-])([O-])OP(=O)([O-])[O-].O=P([O-])([O-])OP(=O)([O-])[O-].O=P([O-])([O-])OP(=O)([O-])[O-].[Na+].[Na+].[Na+].[Na+].[Na+].[Na+].[Na+].[Na+].[Na+].[Na+].[Na+].[Na+].[Na+].[Na+].[Na+].[Na+].[Na+].[Na+].[Na+].[Na+]. The van der Waals surface area contributed by atoms with E-state index < -0.39 is 78.2 Å². The fraction of sp³-hybridized carbons (Fsp3) is 0. The average molecular weight is 1330 g/mol. The Labute approximate surface area is 812 Å². The van der Waals surface area contributed by atoms with Crippen LogP contribution in [0.3, 0.4) is 0 Å². The number of phosphoric acid groups is 10. The molecular formula is Na20O35P10. The zero-order valence-corrected chi connectivity index (χ0v) is 87.7. The molecule has 0 radical (unpaired) electrons. The Hall–Kier alpha value is 21.3. The van der Waals surface area contributed by atoms with Crippen molar-refractivity contribution in [1.82, 2.24) is 0 Å². The first-order valence-corrected chi connectivity index (χ1v) is 21.9. The van der Waals surface area contributed by atoms with Crippen LogP contribution < -0.4 is 689 Å². The first kappa shape index (κ1) is 167. The summed E-state index contributed by atoms with van der Waals surface area (Å²) in [6.45, 7) is 0. The third-order valence-electron chi connectivity index (χ3n) is 1.000. The molecule has 0 saturated heterocycles. The van der Waals surface area contributed by atoms with Crippen molar-refractivity contribution < 1.29 is 756 Å². The summed E-state index contributed by atoms with van der Waals surface area (Å²) in [6.07, 6.45) is 0. The molecular weight excluding hydrogens is 1330 g/mol. The van der Waals surface area contributed by atoms with Crippen LogP contribution in [0.4, 0.5) is 0 Å². The van der Waals surface area contributed by atoms with E-state index in [0.717, 1.165) is 0 Å². The first-order chi connectivity index (χ1) is 18.5. The second kappa shape index (κ2) is 81.4. The third-order valence-corrected chi connectivity index (χ3v) is 9.00. The fourth-order valence-electron chi connectivity index (χ4n) is 0.612. The molecule has 0 unspecified atom stereocenters. The normalized spacial score (nSPS) is 9.54. The summed E-state index contributed by atoms with van der Waals surface area (Å²) in [5.41, 5.74) is 0. The molecule has 0 atom stereocenters. The molecule has 0 aliphatic heterocycles. The van der Waals surface area contributed by atoms with Gasteiger partial charge in [0.15, 0.2) is 0 Å². The Morgan fingerprint density at radius 3 is 0.169 bits per heavy atom. The average Bonchev–Trinajstić information content (AvgIpc) is 2.36. The second-order valence-electron chi connectivity index (χ2n) is 4.88. The molecule has 280 valence electrons. The zero-order chi connectivity index (χ0) is 38.5. The van der Waals surface area contributed by atoms with Gasteiger partial charge in [0.25, 0.3) is 0 Å². The molecule has 0 aromatic carbocycles. The third kappa shape index (κ3) is 225. The van der Waals surface area contributed by atoms with E-state index in [1.165, 1.54) is 0 Å². The van der Waals surface area contributed by atoms with E-state index in [-0.39, 0.29) is 591 Å². The topological polar surface area (TPSA) is 678 Å². The molecule has 0 rings (SSSR count). The van der Waals surface area contributed by atoms with Crippen LogP contribution in [0, 0.1) is 0 Å². The Bertz CT molecular complexity index is 1040. The quantitative estimate of drug-likeness (QED) is 0.145. The molecule has 0 heterocycles. The van der Waals surface area contributed by atoms with Crippen LogP contribution in [0.1, 0.15) is 0 Å². The van der Waals surface area contributed by atoms with Gasteiger partial charge in [-0.15, -0.1) is 0 Å². The standard InChI is InChI=1S/20Na.5H4O7P2/c;;;;;;;;;;;;;;;;;;;;5*1-8(2,3)7-9(4,5)6/h;;;;;;;;;;;;;;;;;;;;5*(H2,1,2,3)(H2,4,5,6)/q20*+1;;;;;/p-20. The van der Waals surface area contributed by atoms with Gasteiger partial charge in [0, 0.05) is 0 Å². The molecule has 0 N–H and O–H groups in total. The van der Waals surface area contributed by atoms with Crippen LogP contribution in [0.2, 0.25) is 0 Å². The summed E-state index contributed by atoms with van der Waals surface area (Å²) in [5, 5.41) is 0. The molecule has 0 saturated carbocycles. The maximum atomic E-state index is 9.32. The maximum absolute atomic E-state index is 9.32. The van der Waals surface area contributed by atoms with Crippen molar-refractivity contribution in [3.63, 3.8) is 0 Å². The van der Waals surface area contributed by atoms with Crippen LogP contribution in [0.5, 0.6) is 0 Å². The van der Waals surface area contributed by atoms with Crippen molar-refractivity contribution in [2.75, 3.05) is 0 Å². The number of hydrogen-bond acceptors (Lipinski definition) is 35. The van der Waals surface area contributed by atoms with Gasteiger partial charge in [0.2, 0.25) is 0 Å². The van der Waals surface area contributed by atoms with E-state index in [2.05, 4.69) is 21.6 Å². The van der Waals surface area contributed by atoms with Gasteiger partial charge in [-0.2, -0.15) is 0 Å². The minimum absolute atomic E-state index is 0. The Kier molecular flexibility index (Phi) is 209. The van der Waals surface area contributed by atoms with Crippen molar-refractivity contribution in [3.05, 3.63) is 0 Å². The summed E-state index contributed by atoms with van der Waals surface area (Å²) in [4.78, 5) is 186. The summed E-state index contributed by atoms with van der Waals surface area (Å²) in [7, 11) is -56.8. The van der Waals surface area contributed by atoms with E-state index in [1.54, 1.807) is 0 Å². The summed E-state index contributed by atoms with van der Waals surface area (Å²) >= 11 is 0. The molecule has 0 amide bonds. The van der Waals surface area contributed by atoms with Gasteiger partial charge >= 0.3 is 591 Å². The predicted octanol–water partition coefficient (Wildman–Crippen LogP) is -76.6. The van der Waals surface area contributed by atoms with Crippen LogP contribution in [0.15, 0.2) is 0 Å². The molecule has 0 aliphatic rings. The van der Waals surface area contributed by atoms with E-state index in [9.17, 15) is 144 Å². The zero-order valence-electron chi connectivity index (χ0n) is 38.8. The van der Waals surface area contributed by atoms with E-state index in [0.29, 0.717) is 0 Å². The molecule has 65 heavy (non-hydrogen) atoms. The van der Waals surface area contributed by atoms with Crippen LogP contribution in [0.25, 0.3) is 0 Å². The van der Waals surface area contributed by atoms with Crippen molar-refractivity contribution in [3.8, 4) is 0 Å². The molecule has 0 aromatic heterocycles. The predicted molar refractivity (Wildman–Crippen MR) is 81.5 cm³/mol. The Balaban J connectivity index is -0.0000000124. The Morgan fingerprint density at radius 2 is 0.169 bits per heavy atom. The van der Waals surface area contributed by atoms with Crippen molar-refractivity contribution in [2.24, 2.45) is 0 Å². The van der Waals surface area contributed by atoms with E-state index >= 15 is 0 Å². The van der Waals surface area contributed by atoms with Crippen LogP contribution in [-0.4, -0.2) is 0 Å². The van der Waals surface area contributed by atoms with Gasteiger partial charge in [-0.3, -0.25) is 0 Å². The molecule has 0 aromatic rings. The van der Waals surface area contributed by atoms with Crippen LogP contribution in [-0.2, 0) is 67.2 Å². The smallest absolute Gasteiger partial charge is 0.790 e. The van der Waals surface area contributed by atoms with E-state index in [1.807, 2.05) is 0 Å². The summed E-state index contributed by atoms with van der Waals surface area (Å²) in [6, 6.07) is 0. The first-order valence-electron chi connectivity index (χ1n) is 7.30. The Morgan fingerprint density at radius 1 is 0.138 bits per heavy atom. The van der Waals surface area contributed by atoms with Crippen molar-refractivity contribution >= 4 is 78.2 Å². The van der Waals surface area contributed by atoms with Crippen LogP contribution >= 0.6 is 78.2 Å². The molecule has 35 nitrogen and oxygen atoms in total. The molecule has 0 bridgehead atoms. The van der Waals surface area contributed by atoms with Gasteiger partial charge in [0.05, 0.1) is 78.2 Å². The number of rotatable bonds is 10.